The van der Waals surface area contributed by atoms with Crippen molar-refractivity contribution in [3.63, 3.8) is 0 Å². The summed E-state index contributed by atoms with van der Waals surface area (Å²) < 4.78 is 13.9. The van der Waals surface area contributed by atoms with Crippen LogP contribution in [0.1, 0.15) is 35.1 Å². The van der Waals surface area contributed by atoms with Gasteiger partial charge in [0, 0.05) is 16.6 Å². The molecule has 1 aliphatic rings. The molecular formula is C16H12FNS. The number of halogens is 1. The zero-order chi connectivity index (χ0) is 13.4. The predicted octanol–water partition coefficient (Wildman–Crippen LogP) is 4.45. The van der Waals surface area contributed by atoms with Crippen LogP contribution >= 0.6 is 11.8 Å². The quantitative estimate of drug-likeness (QED) is 0.705. The molecule has 1 aliphatic heterocycles. The molecule has 0 bridgehead atoms. The lowest BCUT2D eigenvalue weighted by molar-refractivity contribution is 0.595. The van der Waals surface area contributed by atoms with E-state index in [1.807, 2.05) is 24.3 Å². The van der Waals surface area contributed by atoms with Crippen molar-refractivity contribution in [1.29, 1.82) is 5.26 Å². The van der Waals surface area contributed by atoms with E-state index in [0.29, 0.717) is 11.3 Å². The monoisotopic (exact) mass is 269 g/mol. The molecule has 0 N–H and O–H groups in total. The van der Waals surface area contributed by atoms with Crippen LogP contribution in [0.2, 0.25) is 0 Å². The molecule has 0 saturated heterocycles. The van der Waals surface area contributed by atoms with Gasteiger partial charge in [-0.15, -0.1) is 11.8 Å². The molecule has 1 unspecified atom stereocenters. The average Bonchev–Trinajstić information content (AvgIpc) is 2.58. The summed E-state index contributed by atoms with van der Waals surface area (Å²) in [6.07, 6.45) is 0. The number of nitriles is 1. The largest absolute Gasteiger partial charge is 0.206 e. The lowest BCUT2D eigenvalue weighted by Crippen LogP contribution is -2.01. The number of hydrogen-bond acceptors (Lipinski definition) is 2. The third-order valence-electron chi connectivity index (χ3n) is 3.62. The van der Waals surface area contributed by atoms with Gasteiger partial charge in [-0.2, -0.15) is 5.26 Å². The molecule has 0 amide bonds. The molecule has 2 aromatic rings. The topological polar surface area (TPSA) is 23.8 Å². The molecule has 0 aromatic heterocycles. The van der Waals surface area contributed by atoms with Crippen LogP contribution in [0.4, 0.5) is 4.39 Å². The van der Waals surface area contributed by atoms with Crippen molar-refractivity contribution in [3.8, 4) is 6.07 Å². The van der Waals surface area contributed by atoms with Gasteiger partial charge in [-0.1, -0.05) is 31.2 Å². The Balaban J connectivity index is 2.23. The molecule has 0 radical (unpaired) electrons. The maximum atomic E-state index is 13.9. The Hall–Kier alpha value is -1.79. The number of rotatable bonds is 0. The van der Waals surface area contributed by atoms with Gasteiger partial charge in [-0.3, -0.25) is 0 Å². The minimum Gasteiger partial charge on any atom is -0.206 e. The molecule has 1 nitrogen and oxygen atoms in total. The van der Waals surface area contributed by atoms with Gasteiger partial charge >= 0.3 is 0 Å². The number of thioether (sulfide) groups is 1. The molecule has 3 rings (SSSR count). The Kier molecular flexibility index (Phi) is 3.04. The van der Waals surface area contributed by atoms with Crippen LogP contribution in [-0.4, -0.2) is 0 Å². The van der Waals surface area contributed by atoms with Gasteiger partial charge in [0.25, 0.3) is 0 Å². The third-order valence-corrected chi connectivity index (χ3v) is 4.78. The molecule has 0 fully saturated rings. The highest BCUT2D eigenvalue weighted by Gasteiger charge is 2.24. The maximum absolute atomic E-state index is 13.9. The van der Waals surface area contributed by atoms with E-state index in [1.54, 1.807) is 6.07 Å². The minimum atomic E-state index is -0.166. The summed E-state index contributed by atoms with van der Waals surface area (Å²) >= 11 is 1.49. The second-order valence-electron chi connectivity index (χ2n) is 4.65. The summed E-state index contributed by atoms with van der Waals surface area (Å²) in [6, 6.07) is 13.2. The smallest absolute Gasteiger partial charge is 0.137 e. The minimum absolute atomic E-state index is 0.115. The summed E-state index contributed by atoms with van der Waals surface area (Å²) in [4.78, 5) is 0.718. The zero-order valence-corrected chi connectivity index (χ0v) is 11.3. The fourth-order valence-corrected chi connectivity index (χ4v) is 3.84. The van der Waals surface area contributed by atoms with E-state index >= 15 is 0 Å². The van der Waals surface area contributed by atoms with Crippen LogP contribution in [0.5, 0.6) is 0 Å². The number of hydrogen-bond donors (Lipinski definition) is 0. The van der Waals surface area contributed by atoms with Gasteiger partial charge in [0.1, 0.15) is 5.82 Å². The Bertz CT molecular complexity index is 688. The average molecular weight is 269 g/mol. The molecular weight excluding hydrogens is 257 g/mol. The SMILES string of the molecule is CC1c2cccc(C#N)c2CSc2c(F)cccc21. The normalized spacial score (nSPS) is 17.0. The van der Waals surface area contributed by atoms with Gasteiger partial charge in [0.05, 0.1) is 11.6 Å². The van der Waals surface area contributed by atoms with E-state index in [0.717, 1.165) is 21.6 Å². The van der Waals surface area contributed by atoms with Crippen molar-refractivity contribution >= 4 is 11.8 Å². The first-order chi connectivity index (χ1) is 9.22. The fourth-order valence-electron chi connectivity index (χ4n) is 2.61. The van der Waals surface area contributed by atoms with Crippen molar-refractivity contribution in [3.05, 3.63) is 64.5 Å². The highest BCUT2D eigenvalue weighted by Crippen LogP contribution is 2.42. The maximum Gasteiger partial charge on any atom is 0.137 e. The summed E-state index contributed by atoms with van der Waals surface area (Å²) in [5.74, 6) is 0.599. The second kappa shape index (κ2) is 4.71. The fraction of sp³-hybridized carbons (Fsp3) is 0.188. The van der Waals surface area contributed by atoms with E-state index in [4.69, 9.17) is 0 Å². The van der Waals surface area contributed by atoms with Gasteiger partial charge in [0.15, 0.2) is 0 Å². The molecule has 0 spiro atoms. The van der Waals surface area contributed by atoms with E-state index < -0.39 is 0 Å². The van der Waals surface area contributed by atoms with Crippen molar-refractivity contribution < 1.29 is 4.39 Å². The van der Waals surface area contributed by atoms with Crippen LogP contribution in [0.15, 0.2) is 41.3 Å². The van der Waals surface area contributed by atoms with Crippen LogP contribution in [0.3, 0.4) is 0 Å². The van der Waals surface area contributed by atoms with Crippen LogP contribution in [0.25, 0.3) is 0 Å². The van der Waals surface area contributed by atoms with E-state index in [1.165, 1.54) is 17.8 Å². The van der Waals surface area contributed by atoms with Crippen LogP contribution in [0, 0.1) is 17.1 Å². The van der Waals surface area contributed by atoms with Gasteiger partial charge < -0.3 is 0 Å². The summed E-state index contributed by atoms with van der Waals surface area (Å²) in [5, 5.41) is 9.21. The molecule has 0 aliphatic carbocycles. The summed E-state index contributed by atoms with van der Waals surface area (Å²) in [5.41, 5.74) is 3.89. The predicted molar refractivity (Wildman–Crippen MR) is 74.6 cm³/mol. The molecule has 19 heavy (non-hydrogen) atoms. The van der Waals surface area contributed by atoms with Crippen LogP contribution < -0.4 is 0 Å². The highest BCUT2D eigenvalue weighted by atomic mass is 32.2. The molecule has 1 atom stereocenters. The second-order valence-corrected chi connectivity index (χ2v) is 5.64. The summed E-state index contributed by atoms with van der Waals surface area (Å²) in [6.45, 7) is 2.07. The van der Waals surface area contributed by atoms with E-state index in [-0.39, 0.29) is 11.7 Å². The van der Waals surface area contributed by atoms with Gasteiger partial charge in [0.2, 0.25) is 0 Å². The summed E-state index contributed by atoms with van der Waals surface area (Å²) in [7, 11) is 0. The van der Waals surface area contributed by atoms with Crippen molar-refractivity contribution in [1.82, 2.24) is 0 Å². The molecule has 94 valence electrons. The first kappa shape index (κ1) is 12.3. The molecule has 0 saturated carbocycles. The standard InChI is InChI=1S/C16H12FNS/c1-10-12-5-2-4-11(8-18)14(12)9-19-16-13(10)6-3-7-15(16)17/h2-7,10H,9H2,1H3. The lowest BCUT2D eigenvalue weighted by atomic mass is 9.88. The molecule has 2 aromatic carbocycles. The number of benzene rings is 2. The lowest BCUT2D eigenvalue weighted by Gasteiger charge is -2.15. The first-order valence-corrected chi connectivity index (χ1v) is 7.14. The number of fused-ring (bicyclic) bond motifs is 2. The first-order valence-electron chi connectivity index (χ1n) is 6.15. The van der Waals surface area contributed by atoms with Crippen LogP contribution in [-0.2, 0) is 5.75 Å². The Morgan fingerprint density at radius 2 is 1.95 bits per heavy atom. The van der Waals surface area contributed by atoms with Crippen molar-refractivity contribution in [2.75, 3.05) is 0 Å². The number of nitrogens with zero attached hydrogens (tertiary/aromatic N) is 1. The molecule has 3 heteroatoms. The van der Waals surface area contributed by atoms with Crippen molar-refractivity contribution in [2.24, 2.45) is 0 Å². The Morgan fingerprint density at radius 1 is 1.21 bits per heavy atom. The van der Waals surface area contributed by atoms with E-state index in [9.17, 15) is 9.65 Å². The van der Waals surface area contributed by atoms with Crippen molar-refractivity contribution in [2.45, 2.75) is 23.5 Å². The zero-order valence-electron chi connectivity index (χ0n) is 10.5. The highest BCUT2D eigenvalue weighted by molar-refractivity contribution is 7.98. The van der Waals surface area contributed by atoms with Gasteiger partial charge in [-0.25, -0.2) is 4.39 Å². The van der Waals surface area contributed by atoms with Gasteiger partial charge in [-0.05, 0) is 28.8 Å². The van der Waals surface area contributed by atoms with E-state index in [2.05, 4.69) is 13.0 Å². The molecule has 1 heterocycles. The Morgan fingerprint density at radius 3 is 2.74 bits per heavy atom. The Labute approximate surface area is 116 Å². The third kappa shape index (κ3) is 1.93.